The Labute approximate surface area is 138 Å². The molecular formula is C18H27N3O2. The summed E-state index contributed by atoms with van der Waals surface area (Å²) in [6.45, 7) is 10.4. The molecule has 1 rings (SSSR count). The summed E-state index contributed by atoms with van der Waals surface area (Å²) in [7, 11) is 1.62. The molecule has 0 saturated heterocycles. The molecule has 23 heavy (non-hydrogen) atoms. The molecule has 1 heterocycles. The van der Waals surface area contributed by atoms with Crippen molar-refractivity contribution in [1.29, 1.82) is 5.26 Å². The van der Waals surface area contributed by atoms with E-state index in [0.717, 1.165) is 29.9 Å². The van der Waals surface area contributed by atoms with Gasteiger partial charge in [0.25, 0.3) is 5.91 Å². The second-order valence-corrected chi connectivity index (χ2v) is 6.10. The molecule has 0 aliphatic heterocycles. The van der Waals surface area contributed by atoms with Crippen LogP contribution in [-0.4, -0.2) is 30.7 Å². The van der Waals surface area contributed by atoms with Gasteiger partial charge in [0.15, 0.2) is 0 Å². The Hall–Kier alpha value is -2.06. The van der Waals surface area contributed by atoms with Crippen molar-refractivity contribution in [3.63, 3.8) is 0 Å². The normalized spacial score (nSPS) is 11.6. The smallest absolute Gasteiger partial charge is 0.261 e. The standard InChI is InChI=1S/C18H27N3O2/c1-13(2)12-21-14(3)9-16(15(21)4)10-17(11-19)18(22)20-7-6-8-23-5/h9-10,13H,6-8,12H2,1-5H3,(H,20,22)/b17-10+. The Kier molecular flexibility index (Phi) is 7.56. The number of aryl methyl sites for hydroxylation is 1. The van der Waals surface area contributed by atoms with Gasteiger partial charge >= 0.3 is 0 Å². The number of amides is 1. The van der Waals surface area contributed by atoms with E-state index in [1.165, 1.54) is 0 Å². The summed E-state index contributed by atoms with van der Waals surface area (Å²) in [5.74, 6) is 0.202. The van der Waals surface area contributed by atoms with Crippen molar-refractivity contribution in [2.24, 2.45) is 5.92 Å². The molecule has 5 heteroatoms. The summed E-state index contributed by atoms with van der Waals surface area (Å²) < 4.78 is 7.16. The van der Waals surface area contributed by atoms with Gasteiger partial charge < -0.3 is 14.6 Å². The lowest BCUT2D eigenvalue weighted by molar-refractivity contribution is -0.117. The number of hydrogen-bond donors (Lipinski definition) is 1. The van der Waals surface area contributed by atoms with Crippen LogP contribution in [0.1, 0.15) is 37.2 Å². The molecule has 0 atom stereocenters. The second-order valence-electron chi connectivity index (χ2n) is 6.10. The maximum atomic E-state index is 12.1. The molecule has 1 N–H and O–H groups in total. The number of nitriles is 1. The number of rotatable bonds is 8. The lowest BCUT2D eigenvalue weighted by Gasteiger charge is -2.12. The van der Waals surface area contributed by atoms with Crippen LogP contribution in [0.15, 0.2) is 11.6 Å². The Morgan fingerprint density at radius 3 is 2.74 bits per heavy atom. The number of carbonyl (C=O) groups excluding carboxylic acids is 1. The zero-order valence-corrected chi connectivity index (χ0v) is 14.8. The van der Waals surface area contributed by atoms with Crippen molar-refractivity contribution in [1.82, 2.24) is 9.88 Å². The Morgan fingerprint density at radius 1 is 1.48 bits per heavy atom. The Morgan fingerprint density at radius 2 is 2.17 bits per heavy atom. The second kappa shape index (κ2) is 9.16. The summed E-state index contributed by atoms with van der Waals surface area (Å²) in [6, 6.07) is 4.02. The van der Waals surface area contributed by atoms with E-state index in [0.29, 0.717) is 19.1 Å². The first-order valence-electron chi connectivity index (χ1n) is 7.96. The van der Waals surface area contributed by atoms with E-state index in [1.807, 2.05) is 26.0 Å². The van der Waals surface area contributed by atoms with Crippen LogP contribution in [0.4, 0.5) is 0 Å². The van der Waals surface area contributed by atoms with Crippen LogP contribution in [0.2, 0.25) is 0 Å². The van der Waals surface area contributed by atoms with Gasteiger partial charge in [-0.25, -0.2) is 0 Å². The fraction of sp³-hybridized carbons (Fsp3) is 0.556. The molecule has 1 amide bonds. The quantitative estimate of drug-likeness (QED) is 0.455. The van der Waals surface area contributed by atoms with Crippen molar-refractivity contribution in [3.05, 3.63) is 28.6 Å². The van der Waals surface area contributed by atoms with Crippen LogP contribution in [-0.2, 0) is 16.1 Å². The third kappa shape index (κ3) is 5.57. The van der Waals surface area contributed by atoms with Gasteiger partial charge in [0.1, 0.15) is 11.6 Å². The van der Waals surface area contributed by atoms with Crippen LogP contribution in [0.3, 0.4) is 0 Å². The van der Waals surface area contributed by atoms with E-state index in [2.05, 4.69) is 23.7 Å². The first-order chi connectivity index (χ1) is 10.9. The number of methoxy groups -OCH3 is 1. The predicted molar refractivity (Wildman–Crippen MR) is 91.8 cm³/mol. The maximum absolute atomic E-state index is 12.1. The van der Waals surface area contributed by atoms with Crippen LogP contribution in [0, 0.1) is 31.1 Å². The van der Waals surface area contributed by atoms with Crippen molar-refractivity contribution in [2.45, 2.75) is 40.7 Å². The van der Waals surface area contributed by atoms with Gasteiger partial charge in [-0.05, 0) is 43.9 Å². The van der Waals surface area contributed by atoms with Crippen molar-refractivity contribution in [3.8, 4) is 6.07 Å². The highest BCUT2D eigenvalue weighted by Crippen LogP contribution is 2.19. The summed E-state index contributed by atoms with van der Waals surface area (Å²) in [5.41, 5.74) is 3.27. The molecule has 1 aromatic heterocycles. The molecular weight excluding hydrogens is 290 g/mol. The lowest BCUT2D eigenvalue weighted by atomic mass is 10.1. The minimum absolute atomic E-state index is 0.132. The summed E-state index contributed by atoms with van der Waals surface area (Å²) in [6.07, 6.45) is 2.40. The average Bonchev–Trinajstić information content (AvgIpc) is 2.76. The molecule has 0 aliphatic rings. The molecule has 0 unspecified atom stereocenters. The van der Waals surface area contributed by atoms with E-state index in [-0.39, 0.29) is 11.5 Å². The molecule has 5 nitrogen and oxygen atoms in total. The zero-order valence-electron chi connectivity index (χ0n) is 14.8. The molecule has 0 radical (unpaired) electrons. The van der Waals surface area contributed by atoms with E-state index in [4.69, 9.17) is 4.74 Å². The van der Waals surface area contributed by atoms with Gasteiger partial charge in [-0.15, -0.1) is 0 Å². The largest absolute Gasteiger partial charge is 0.385 e. The van der Waals surface area contributed by atoms with E-state index >= 15 is 0 Å². The lowest BCUT2D eigenvalue weighted by Crippen LogP contribution is -2.26. The molecule has 0 fully saturated rings. The van der Waals surface area contributed by atoms with Crippen molar-refractivity contribution in [2.75, 3.05) is 20.3 Å². The third-order valence-corrected chi connectivity index (χ3v) is 3.64. The fourth-order valence-electron chi connectivity index (χ4n) is 2.44. The van der Waals surface area contributed by atoms with Gasteiger partial charge in [-0.3, -0.25) is 4.79 Å². The number of hydrogen-bond acceptors (Lipinski definition) is 3. The molecule has 1 aromatic rings. The van der Waals surface area contributed by atoms with Gasteiger partial charge in [0.2, 0.25) is 0 Å². The molecule has 126 valence electrons. The minimum atomic E-state index is -0.336. The molecule has 0 aliphatic carbocycles. The van der Waals surface area contributed by atoms with Gasteiger partial charge in [-0.1, -0.05) is 13.8 Å². The monoisotopic (exact) mass is 317 g/mol. The summed E-state index contributed by atoms with van der Waals surface area (Å²) >= 11 is 0. The van der Waals surface area contributed by atoms with Crippen LogP contribution in [0.5, 0.6) is 0 Å². The van der Waals surface area contributed by atoms with Crippen molar-refractivity contribution < 1.29 is 9.53 Å². The highest BCUT2D eigenvalue weighted by atomic mass is 16.5. The molecule has 0 spiro atoms. The van der Waals surface area contributed by atoms with E-state index < -0.39 is 0 Å². The number of nitrogens with one attached hydrogen (secondary N) is 1. The summed E-state index contributed by atoms with van der Waals surface area (Å²) in [5, 5.41) is 12.0. The summed E-state index contributed by atoms with van der Waals surface area (Å²) in [4.78, 5) is 12.1. The Balaban J connectivity index is 2.90. The highest BCUT2D eigenvalue weighted by molar-refractivity contribution is 6.01. The molecule has 0 saturated carbocycles. The average molecular weight is 317 g/mol. The first-order valence-corrected chi connectivity index (χ1v) is 7.96. The highest BCUT2D eigenvalue weighted by Gasteiger charge is 2.13. The Bertz CT molecular complexity index is 607. The van der Waals surface area contributed by atoms with Crippen LogP contribution < -0.4 is 5.32 Å². The van der Waals surface area contributed by atoms with Gasteiger partial charge in [-0.2, -0.15) is 5.26 Å². The number of aromatic nitrogens is 1. The van der Waals surface area contributed by atoms with Gasteiger partial charge in [0.05, 0.1) is 0 Å². The van der Waals surface area contributed by atoms with Crippen molar-refractivity contribution >= 4 is 12.0 Å². The topological polar surface area (TPSA) is 67.0 Å². The fourth-order valence-corrected chi connectivity index (χ4v) is 2.44. The minimum Gasteiger partial charge on any atom is -0.385 e. The molecule has 0 bridgehead atoms. The maximum Gasteiger partial charge on any atom is 0.261 e. The number of ether oxygens (including phenoxy) is 1. The van der Waals surface area contributed by atoms with Gasteiger partial charge in [0, 0.05) is 38.2 Å². The van der Waals surface area contributed by atoms with E-state index in [1.54, 1.807) is 13.2 Å². The van der Waals surface area contributed by atoms with E-state index in [9.17, 15) is 10.1 Å². The predicted octanol–water partition coefficient (Wildman–Crippen LogP) is 2.82. The third-order valence-electron chi connectivity index (χ3n) is 3.64. The number of nitrogens with zero attached hydrogens (tertiary/aromatic N) is 2. The molecule has 0 aromatic carbocycles. The zero-order chi connectivity index (χ0) is 17.4. The first kappa shape index (κ1) is 19.0. The van der Waals surface area contributed by atoms with Crippen LogP contribution in [0.25, 0.3) is 6.08 Å². The SMILES string of the molecule is COCCCNC(=O)/C(C#N)=C/c1cc(C)n(CC(C)C)c1C. The van der Waals surface area contributed by atoms with Crippen LogP contribution >= 0.6 is 0 Å². The number of carbonyl (C=O) groups is 1.